The molecule has 0 fully saturated rings. The maximum Gasteiger partial charge on any atom is 0.285 e. The molecule has 0 bridgehead atoms. The molecule has 2 rings (SSSR count). The number of aromatic nitrogens is 4. The van der Waals surface area contributed by atoms with E-state index in [1.54, 1.807) is 12.4 Å². The summed E-state index contributed by atoms with van der Waals surface area (Å²) < 4.78 is 5.08. The minimum absolute atomic E-state index is 0.348. The highest BCUT2D eigenvalue weighted by Gasteiger charge is 2.05. The highest BCUT2D eigenvalue weighted by molar-refractivity contribution is 9.10. The lowest BCUT2D eigenvalue weighted by atomic mass is 10.3. The van der Waals surface area contributed by atoms with Gasteiger partial charge in [-0.25, -0.2) is 9.97 Å². The third-order valence-electron chi connectivity index (χ3n) is 1.21. The van der Waals surface area contributed by atoms with E-state index in [1.807, 2.05) is 0 Å². The summed E-state index contributed by atoms with van der Waals surface area (Å²) in [6.45, 7) is 0. The predicted octanol–water partition coefficient (Wildman–Crippen LogP) is 1.29. The quantitative estimate of drug-likeness (QED) is 0.734. The first-order valence-corrected chi connectivity index (χ1v) is 3.90. The van der Waals surface area contributed by atoms with E-state index in [-0.39, 0.29) is 0 Å². The van der Waals surface area contributed by atoms with Gasteiger partial charge in [-0.05, 0) is 0 Å². The van der Waals surface area contributed by atoms with Crippen molar-refractivity contribution in [2.45, 2.75) is 0 Å². The van der Waals surface area contributed by atoms with Gasteiger partial charge in [0, 0.05) is 28.3 Å². The third-order valence-corrected chi connectivity index (χ3v) is 1.53. The lowest BCUT2D eigenvalue weighted by molar-refractivity contribution is 0.540. The summed E-state index contributed by atoms with van der Waals surface area (Å²) in [6, 6.07) is 0. The van der Waals surface area contributed by atoms with Crippen LogP contribution < -0.4 is 0 Å². The minimum atomic E-state index is 0.348. The van der Waals surface area contributed by atoms with Gasteiger partial charge in [0.25, 0.3) is 10.7 Å². The van der Waals surface area contributed by atoms with E-state index in [9.17, 15) is 0 Å². The minimum Gasteiger partial charge on any atom is -0.411 e. The summed E-state index contributed by atoms with van der Waals surface area (Å²) >= 11 is 3.05. The number of hydrogen-bond donors (Lipinski definition) is 0. The Morgan fingerprint density at radius 2 is 1.92 bits per heavy atom. The first kappa shape index (κ1) is 7.35. The van der Waals surface area contributed by atoms with Crippen molar-refractivity contribution in [3.05, 3.63) is 23.5 Å². The molecule has 0 N–H and O–H groups in total. The standard InChI is InChI=1S/C6H3BrN4O/c7-6-11-10-5(12-6)4-1-8-3-9-2-4/h1-3H. The molecule has 0 spiro atoms. The van der Waals surface area contributed by atoms with Gasteiger partial charge < -0.3 is 4.42 Å². The zero-order chi connectivity index (χ0) is 8.39. The fourth-order valence-corrected chi connectivity index (χ4v) is 0.964. The van der Waals surface area contributed by atoms with Crippen molar-refractivity contribution in [2.75, 3.05) is 0 Å². The third kappa shape index (κ3) is 1.33. The first-order valence-electron chi connectivity index (χ1n) is 3.10. The van der Waals surface area contributed by atoms with Crippen LogP contribution in [0.15, 0.2) is 27.9 Å². The fraction of sp³-hybridized carbons (Fsp3) is 0. The summed E-state index contributed by atoms with van der Waals surface area (Å²) in [4.78, 5) is 7.98. The van der Waals surface area contributed by atoms with Gasteiger partial charge in [-0.15, -0.1) is 10.2 Å². The highest BCUT2D eigenvalue weighted by atomic mass is 79.9. The van der Waals surface area contributed by atoms with Gasteiger partial charge in [0.05, 0.1) is 5.56 Å². The number of nitrogens with zero attached hydrogens (tertiary/aromatic N) is 4. The topological polar surface area (TPSA) is 64.7 Å². The van der Waals surface area contributed by atoms with Gasteiger partial charge in [0.15, 0.2) is 0 Å². The van der Waals surface area contributed by atoms with E-state index >= 15 is 0 Å². The molecule has 0 saturated carbocycles. The Morgan fingerprint density at radius 1 is 1.17 bits per heavy atom. The molecule has 60 valence electrons. The number of hydrogen-bond acceptors (Lipinski definition) is 5. The summed E-state index contributed by atoms with van der Waals surface area (Å²) in [5.41, 5.74) is 0.704. The van der Waals surface area contributed by atoms with E-state index in [0.29, 0.717) is 16.3 Å². The molecular weight excluding hydrogens is 224 g/mol. The van der Waals surface area contributed by atoms with Crippen molar-refractivity contribution in [2.24, 2.45) is 0 Å². The van der Waals surface area contributed by atoms with Crippen LogP contribution in [0.4, 0.5) is 0 Å². The van der Waals surface area contributed by atoms with E-state index in [0.717, 1.165) is 0 Å². The molecule has 0 atom stereocenters. The molecule has 0 amide bonds. The van der Waals surface area contributed by atoms with Gasteiger partial charge >= 0.3 is 0 Å². The molecule has 0 saturated heterocycles. The largest absolute Gasteiger partial charge is 0.411 e. The molecule has 6 heteroatoms. The van der Waals surface area contributed by atoms with Crippen LogP contribution in [0.3, 0.4) is 0 Å². The van der Waals surface area contributed by atoms with Crippen molar-refractivity contribution < 1.29 is 4.42 Å². The van der Waals surface area contributed by atoms with Gasteiger partial charge in [-0.2, -0.15) is 0 Å². The molecule has 0 aliphatic heterocycles. The van der Waals surface area contributed by atoms with E-state index < -0.39 is 0 Å². The Bertz CT molecular complexity index is 374. The fourth-order valence-electron chi connectivity index (χ4n) is 0.732. The summed E-state index contributed by atoms with van der Waals surface area (Å²) in [5.74, 6) is 0.405. The second-order valence-electron chi connectivity index (χ2n) is 1.99. The molecular formula is C6H3BrN4O. The Kier molecular flexibility index (Phi) is 1.83. The summed E-state index contributed by atoms with van der Waals surface area (Å²) in [7, 11) is 0. The molecule has 5 nitrogen and oxygen atoms in total. The average molecular weight is 227 g/mol. The first-order chi connectivity index (χ1) is 5.86. The number of halogens is 1. The smallest absolute Gasteiger partial charge is 0.285 e. The van der Waals surface area contributed by atoms with Crippen LogP contribution in [0.5, 0.6) is 0 Å². The van der Waals surface area contributed by atoms with E-state index in [1.165, 1.54) is 6.33 Å². The van der Waals surface area contributed by atoms with Gasteiger partial charge in [0.2, 0.25) is 0 Å². The Balaban J connectivity index is 2.45. The monoisotopic (exact) mass is 226 g/mol. The maximum atomic E-state index is 5.08. The second-order valence-corrected chi connectivity index (χ2v) is 2.67. The predicted molar refractivity (Wildman–Crippen MR) is 43.0 cm³/mol. The van der Waals surface area contributed by atoms with Crippen LogP contribution in [0.25, 0.3) is 11.5 Å². The zero-order valence-corrected chi connectivity index (χ0v) is 7.39. The molecule has 0 unspecified atom stereocenters. The molecule has 2 aromatic rings. The van der Waals surface area contributed by atoms with Gasteiger partial charge in [-0.1, -0.05) is 0 Å². The van der Waals surface area contributed by atoms with Crippen molar-refractivity contribution >= 4 is 15.9 Å². The Hall–Kier alpha value is -1.30. The van der Waals surface area contributed by atoms with Crippen LogP contribution >= 0.6 is 15.9 Å². The Labute approximate surface area is 76.0 Å². The van der Waals surface area contributed by atoms with Gasteiger partial charge in [-0.3, -0.25) is 0 Å². The number of rotatable bonds is 1. The average Bonchev–Trinajstić information content (AvgIpc) is 2.54. The zero-order valence-electron chi connectivity index (χ0n) is 5.81. The van der Waals surface area contributed by atoms with Crippen LogP contribution in [-0.4, -0.2) is 20.2 Å². The van der Waals surface area contributed by atoms with Crippen LogP contribution in [-0.2, 0) is 0 Å². The van der Waals surface area contributed by atoms with Crippen LogP contribution in [0.1, 0.15) is 0 Å². The van der Waals surface area contributed by atoms with Crippen LogP contribution in [0, 0.1) is 0 Å². The summed E-state index contributed by atoms with van der Waals surface area (Å²) in [6.07, 6.45) is 4.65. The van der Waals surface area contributed by atoms with E-state index in [2.05, 4.69) is 36.1 Å². The molecule has 12 heavy (non-hydrogen) atoms. The molecule has 0 aliphatic rings. The van der Waals surface area contributed by atoms with Crippen molar-refractivity contribution in [1.29, 1.82) is 0 Å². The van der Waals surface area contributed by atoms with Gasteiger partial charge in [0.1, 0.15) is 6.33 Å². The molecule has 0 aliphatic carbocycles. The van der Waals surface area contributed by atoms with Crippen molar-refractivity contribution in [3.63, 3.8) is 0 Å². The second kappa shape index (κ2) is 2.98. The van der Waals surface area contributed by atoms with Crippen molar-refractivity contribution in [3.8, 4) is 11.5 Å². The molecule has 2 heterocycles. The normalized spacial score (nSPS) is 10.1. The SMILES string of the molecule is Brc1nnc(-c2cncnc2)o1. The summed E-state index contributed by atoms with van der Waals surface area (Å²) in [5, 5.41) is 7.38. The van der Waals surface area contributed by atoms with Crippen molar-refractivity contribution in [1.82, 2.24) is 20.2 Å². The Morgan fingerprint density at radius 3 is 2.50 bits per heavy atom. The highest BCUT2D eigenvalue weighted by Crippen LogP contribution is 2.17. The lowest BCUT2D eigenvalue weighted by Gasteiger charge is -1.88. The van der Waals surface area contributed by atoms with E-state index in [4.69, 9.17) is 4.42 Å². The maximum absolute atomic E-state index is 5.08. The molecule has 0 aromatic carbocycles. The van der Waals surface area contributed by atoms with Crippen LogP contribution in [0.2, 0.25) is 0 Å². The lowest BCUT2D eigenvalue weighted by Crippen LogP contribution is -1.81. The molecule has 0 radical (unpaired) electrons. The molecule has 2 aromatic heterocycles.